The average molecular weight is 222 g/mol. The molecule has 3 nitrogen and oxygen atoms in total. The van der Waals surface area contributed by atoms with Gasteiger partial charge in [-0.2, -0.15) is 0 Å². The van der Waals surface area contributed by atoms with Crippen molar-refractivity contribution in [3.05, 3.63) is 65.2 Å². The number of hydrogen-bond acceptors (Lipinski definition) is 2. The highest BCUT2D eigenvalue weighted by atomic mass is 16.1. The maximum Gasteiger partial charge on any atom is 0.258 e. The first-order valence-corrected chi connectivity index (χ1v) is 5.38. The summed E-state index contributed by atoms with van der Waals surface area (Å²) in [4.78, 5) is 18.5. The van der Waals surface area contributed by atoms with Gasteiger partial charge >= 0.3 is 0 Å². The molecule has 2 aromatic carbocycles. The summed E-state index contributed by atoms with van der Waals surface area (Å²) in [5, 5.41) is 0.619. The number of aromatic nitrogens is 2. The minimum absolute atomic E-state index is 0.104. The molecule has 0 radical (unpaired) electrons. The Labute approximate surface area is 97.8 Å². The van der Waals surface area contributed by atoms with Crippen LogP contribution in [-0.2, 0) is 0 Å². The molecule has 0 spiro atoms. The van der Waals surface area contributed by atoms with Crippen molar-refractivity contribution >= 4 is 10.9 Å². The molecule has 1 heterocycles. The first-order valence-electron chi connectivity index (χ1n) is 5.38. The van der Waals surface area contributed by atoms with Crippen LogP contribution < -0.4 is 5.56 Å². The van der Waals surface area contributed by atoms with E-state index in [0.29, 0.717) is 5.39 Å². The fraction of sp³-hybridized carbons (Fsp3) is 0. The molecule has 3 heteroatoms. The molecular weight excluding hydrogens is 212 g/mol. The topological polar surface area (TPSA) is 45.8 Å². The number of H-pyrrole nitrogens is 1. The van der Waals surface area contributed by atoms with E-state index in [9.17, 15) is 4.79 Å². The third-order valence-electron chi connectivity index (χ3n) is 2.75. The highest BCUT2D eigenvalue weighted by Crippen LogP contribution is 2.24. The SMILES string of the molecule is O=c1[nH]cnc2c(-c3ccccc3)cccc12. The van der Waals surface area contributed by atoms with Crippen LogP contribution in [0.1, 0.15) is 0 Å². The van der Waals surface area contributed by atoms with Crippen molar-refractivity contribution in [2.45, 2.75) is 0 Å². The van der Waals surface area contributed by atoms with Crippen LogP contribution >= 0.6 is 0 Å². The van der Waals surface area contributed by atoms with Crippen molar-refractivity contribution in [3.63, 3.8) is 0 Å². The number of nitrogens with one attached hydrogen (secondary N) is 1. The number of nitrogens with zero attached hydrogens (tertiary/aromatic N) is 1. The van der Waals surface area contributed by atoms with E-state index in [1.54, 1.807) is 6.07 Å². The van der Waals surface area contributed by atoms with Gasteiger partial charge in [-0.1, -0.05) is 42.5 Å². The maximum atomic E-state index is 11.7. The molecule has 0 fully saturated rings. The second-order valence-corrected chi connectivity index (χ2v) is 3.80. The molecule has 1 N–H and O–H groups in total. The minimum Gasteiger partial charge on any atom is -0.313 e. The zero-order valence-electron chi connectivity index (χ0n) is 9.05. The lowest BCUT2D eigenvalue weighted by Crippen LogP contribution is -2.06. The fourth-order valence-electron chi connectivity index (χ4n) is 1.95. The molecule has 17 heavy (non-hydrogen) atoms. The molecule has 0 aliphatic carbocycles. The third-order valence-corrected chi connectivity index (χ3v) is 2.75. The van der Waals surface area contributed by atoms with Gasteiger partial charge < -0.3 is 4.98 Å². The molecule has 0 aliphatic rings. The van der Waals surface area contributed by atoms with Crippen LogP contribution in [0.3, 0.4) is 0 Å². The van der Waals surface area contributed by atoms with E-state index in [1.807, 2.05) is 42.5 Å². The molecule has 0 amide bonds. The lowest BCUT2D eigenvalue weighted by Gasteiger charge is -2.04. The van der Waals surface area contributed by atoms with Crippen LogP contribution in [0, 0.1) is 0 Å². The van der Waals surface area contributed by atoms with Crippen LogP contribution in [-0.4, -0.2) is 9.97 Å². The van der Waals surface area contributed by atoms with Gasteiger partial charge in [-0.3, -0.25) is 4.79 Å². The summed E-state index contributed by atoms with van der Waals surface area (Å²) in [6, 6.07) is 15.6. The molecule has 0 atom stereocenters. The number of hydrogen-bond donors (Lipinski definition) is 1. The Morgan fingerprint density at radius 3 is 2.59 bits per heavy atom. The second kappa shape index (κ2) is 3.87. The largest absolute Gasteiger partial charge is 0.313 e. The summed E-state index contributed by atoms with van der Waals surface area (Å²) in [5.74, 6) is 0. The molecule has 82 valence electrons. The summed E-state index contributed by atoms with van der Waals surface area (Å²) in [5.41, 5.74) is 2.68. The predicted octanol–water partition coefficient (Wildman–Crippen LogP) is 2.59. The molecule has 0 aliphatic heterocycles. The van der Waals surface area contributed by atoms with Crippen LogP contribution in [0.15, 0.2) is 59.7 Å². The van der Waals surface area contributed by atoms with Crippen LogP contribution in [0.2, 0.25) is 0 Å². The summed E-state index contributed by atoms with van der Waals surface area (Å²) < 4.78 is 0. The van der Waals surface area contributed by atoms with E-state index >= 15 is 0 Å². The van der Waals surface area contributed by atoms with Gasteiger partial charge in [0, 0.05) is 5.56 Å². The molecule has 1 aromatic heterocycles. The van der Waals surface area contributed by atoms with E-state index in [0.717, 1.165) is 16.6 Å². The number of fused-ring (bicyclic) bond motifs is 1. The van der Waals surface area contributed by atoms with Crippen molar-refractivity contribution in [3.8, 4) is 11.1 Å². The van der Waals surface area contributed by atoms with E-state index in [2.05, 4.69) is 9.97 Å². The Kier molecular flexibility index (Phi) is 2.22. The van der Waals surface area contributed by atoms with Gasteiger partial charge in [0.1, 0.15) is 0 Å². The summed E-state index contributed by atoms with van der Waals surface area (Å²) in [6.45, 7) is 0. The number of rotatable bonds is 1. The van der Waals surface area contributed by atoms with E-state index in [-0.39, 0.29) is 5.56 Å². The number of aromatic amines is 1. The zero-order valence-corrected chi connectivity index (χ0v) is 9.05. The molecule has 0 bridgehead atoms. The van der Waals surface area contributed by atoms with Crippen molar-refractivity contribution in [2.24, 2.45) is 0 Å². The van der Waals surface area contributed by atoms with Gasteiger partial charge in [0.25, 0.3) is 5.56 Å². The van der Waals surface area contributed by atoms with Crippen molar-refractivity contribution in [1.82, 2.24) is 9.97 Å². The van der Waals surface area contributed by atoms with Gasteiger partial charge in [0.15, 0.2) is 0 Å². The Bertz CT molecular complexity index is 717. The predicted molar refractivity (Wildman–Crippen MR) is 67.8 cm³/mol. The quantitative estimate of drug-likeness (QED) is 0.687. The van der Waals surface area contributed by atoms with E-state index < -0.39 is 0 Å². The van der Waals surface area contributed by atoms with Crippen LogP contribution in [0.4, 0.5) is 0 Å². The lowest BCUT2D eigenvalue weighted by molar-refractivity contribution is 1.17. The Morgan fingerprint density at radius 1 is 0.941 bits per heavy atom. The van der Waals surface area contributed by atoms with Gasteiger partial charge in [-0.15, -0.1) is 0 Å². The maximum absolute atomic E-state index is 11.7. The summed E-state index contributed by atoms with van der Waals surface area (Å²) in [6.07, 6.45) is 1.44. The van der Waals surface area contributed by atoms with Crippen molar-refractivity contribution < 1.29 is 0 Å². The van der Waals surface area contributed by atoms with E-state index in [1.165, 1.54) is 6.33 Å². The third kappa shape index (κ3) is 1.61. The Morgan fingerprint density at radius 2 is 1.76 bits per heavy atom. The molecule has 3 rings (SSSR count). The van der Waals surface area contributed by atoms with E-state index in [4.69, 9.17) is 0 Å². The number of para-hydroxylation sites is 1. The smallest absolute Gasteiger partial charge is 0.258 e. The minimum atomic E-state index is -0.104. The standard InChI is InChI=1S/C14H10N2O/c17-14-12-8-4-7-11(13(12)15-9-16-14)10-5-2-1-3-6-10/h1-9H,(H,15,16,17). The molecule has 0 saturated carbocycles. The van der Waals surface area contributed by atoms with Crippen molar-refractivity contribution in [1.29, 1.82) is 0 Å². The second-order valence-electron chi connectivity index (χ2n) is 3.80. The highest BCUT2D eigenvalue weighted by Gasteiger charge is 2.05. The van der Waals surface area contributed by atoms with Gasteiger partial charge in [-0.05, 0) is 11.6 Å². The normalized spacial score (nSPS) is 10.6. The first kappa shape index (κ1) is 9.78. The molecule has 0 saturated heterocycles. The van der Waals surface area contributed by atoms with Gasteiger partial charge in [0.05, 0.1) is 17.2 Å². The monoisotopic (exact) mass is 222 g/mol. The van der Waals surface area contributed by atoms with Crippen LogP contribution in [0.25, 0.3) is 22.0 Å². The van der Waals surface area contributed by atoms with Gasteiger partial charge in [0.2, 0.25) is 0 Å². The Hall–Kier alpha value is -2.42. The highest BCUT2D eigenvalue weighted by molar-refractivity contribution is 5.92. The molecular formula is C14H10N2O. The fourth-order valence-corrected chi connectivity index (χ4v) is 1.95. The molecule has 0 unspecified atom stereocenters. The average Bonchev–Trinajstić information content (AvgIpc) is 2.40. The van der Waals surface area contributed by atoms with Crippen molar-refractivity contribution in [2.75, 3.05) is 0 Å². The number of benzene rings is 2. The van der Waals surface area contributed by atoms with Gasteiger partial charge in [-0.25, -0.2) is 4.98 Å². The first-order chi connectivity index (χ1) is 8.36. The Balaban J connectivity index is 2.39. The molecule has 3 aromatic rings. The zero-order chi connectivity index (χ0) is 11.7. The summed E-state index contributed by atoms with van der Waals surface area (Å²) in [7, 11) is 0. The van der Waals surface area contributed by atoms with Crippen LogP contribution in [0.5, 0.6) is 0 Å². The lowest BCUT2D eigenvalue weighted by atomic mass is 10.0. The summed E-state index contributed by atoms with van der Waals surface area (Å²) >= 11 is 0.